The molecule has 0 bridgehead atoms. The molecule has 2 heterocycles. The molecule has 4 heteroatoms. The second-order valence-electron chi connectivity index (χ2n) is 5.31. The Labute approximate surface area is 108 Å². The van der Waals surface area contributed by atoms with Gasteiger partial charge in [0.1, 0.15) is 11.5 Å². The topological polar surface area (TPSA) is 45.2 Å². The van der Waals surface area contributed by atoms with E-state index >= 15 is 0 Å². The molecule has 2 unspecified atom stereocenters. The van der Waals surface area contributed by atoms with Gasteiger partial charge < -0.3 is 10.2 Å². The van der Waals surface area contributed by atoms with E-state index in [0.29, 0.717) is 17.5 Å². The number of nitrogens with one attached hydrogen (secondary N) is 1. The Morgan fingerprint density at radius 2 is 2.00 bits per heavy atom. The Kier molecular flexibility index (Phi) is 3.84. The molecular weight excluding hydrogens is 226 g/mol. The molecule has 1 fully saturated rings. The molecule has 0 spiro atoms. The fraction of sp³-hybridized carbons (Fsp3) is 0.571. The van der Waals surface area contributed by atoms with E-state index < -0.39 is 0 Å². The molecule has 98 valence electrons. The van der Waals surface area contributed by atoms with Gasteiger partial charge in [-0.3, -0.25) is 4.79 Å². The van der Waals surface area contributed by atoms with E-state index in [-0.39, 0.29) is 5.91 Å². The Balaban J connectivity index is 2.14. The predicted octanol–water partition coefficient (Wildman–Crippen LogP) is 2.24. The van der Waals surface area contributed by atoms with Crippen LogP contribution in [-0.2, 0) is 0 Å². The molecule has 1 N–H and O–H groups in total. The number of pyridine rings is 1. The SMILES string of the molecule is CNc1cccc(C(=O)N2CC(C)CC(C)C2)n1. The summed E-state index contributed by atoms with van der Waals surface area (Å²) < 4.78 is 0. The second kappa shape index (κ2) is 5.38. The molecule has 1 aliphatic rings. The number of likely N-dealkylation sites (tertiary alicyclic amines) is 1. The first kappa shape index (κ1) is 12.9. The highest BCUT2D eigenvalue weighted by molar-refractivity contribution is 5.92. The van der Waals surface area contributed by atoms with Gasteiger partial charge in [0.15, 0.2) is 0 Å². The van der Waals surface area contributed by atoms with Crippen LogP contribution in [0.5, 0.6) is 0 Å². The van der Waals surface area contributed by atoms with Crippen LogP contribution >= 0.6 is 0 Å². The van der Waals surface area contributed by atoms with Gasteiger partial charge in [0.2, 0.25) is 0 Å². The summed E-state index contributed by atoms with van der Waals surface area (Å²) in [6.07, 6.45) is 1.20. The molecule has 1 aliphatic heterocycles. The van der Waals surface area contributed by atoms with Crippen LogP contribution in [0, 0.1) is 11.8 Å². The van der Waals surface area contributed by atoms with Crippen molar-refractivity contribution in [2.45, 2.75) is 20.3 Å². The number of rotatable bonds is 2. The lowest BCUT2D eigenvalue weighted by molar-refractivity contribution is 0.0617. The van der Waals surface area contributed by atoms with E-state index in [1.165, 1.54) is 6.42 Å². The second-order valence-corrected chi connectivity index (χ2v) is 5.31. The van der Waals surface area contributed by atoms with Crippen LogP contribution in [0.2, 0.25) is 0 Å². The highest BCUT2D eigenvalue weighted by Crippen LogP contribution is 2.22. The minimum Gasteiger partial charge on any atom is -0.373 e. The monoisotopic (exact) mass is 247 g/mol. The van der Waals surface area contributed by atoms with Gasteiger partial charge in [-0.1, -0.05) is 19.9 Å². The number of carbonyl (C=O) groups excluding carboxylic acids is 1. The minimum atomic E-state index is 0.0468. The van der Waals surface area contributed by atoms with Crippen molar-refractivity contribution in [1.82, 2.24) is 9.88 Å². The lowest BCUT2D eigenvalue weighted by atomic mass is 9.92. The predicted molar refractivity (Wildman–Crippen MR) is 72.6 cm³/mol. The largest absolute Gasteiger partial charge is 0.373 e. The molecule has 2 rings (SSSR count). The van der Waals surface area contributed by atoms with Gasteiger partial charge in [0.05, 0.1) is 0 Å². The van der Waals surface area contributed by atoms with Gasteiger partial charge in [-0.15, -0.1) is 0 Å². The minimum absolute atomic E-state index is 0.0468. The van der Waals surface area contributed by atoms with E-state index in [0.717, 1.165) is 18.9 Å². The van der Waals surface area contributed by atoms with Gasteiger partial charge >= 0.3 is 0 Å². The maximum absolute atomic E-state index is 12.4. The molecule has 0 saturated carbocycles. The molecule has 0 aliphatic carbocycles. The Morgan fingerprint density at radius 1 is 1.33 bits per heavy atom. The zero-order valence-corrected chi connectivity index (χ0v) is 11.3. The van der Waals surface area contributed by atoms with Crippen LogP contribution in [0.15, 0.2) is 18.2 Å². The fourth-order valence-electron chi connectivity index (χ4n) is 2.68. The lowest BCUT2D eigenvalue weighted by Crippen LogP contribution is -2.42. The van der Waals surface area contributed by atoms with E-state index in [2.05, 4.69) is 24.1 Å². The number of nitrogens with zero attached hydrogens (tertiary/aromatic N) is 2. The van der Waals surface area contributed by atoms with Crippen LogP contribution < -0.4 is 5.32 Å². The molecule has 1 aromatic heterocycles. The number of hydrogen-bond donors (Lipinski definition) is 1. The Hall–Kier alpha value is -1.58. The summed E-state index contributed by atoms with van der Waals surface area (Å²) in [6.45, 7) is 6.09. The summed E-state index contributed by atoms with van der Waals surface area (Å²) in [6, 6.07) is 5.51. The molecular formula is C14H21N3O. The molecule has 18 heavy (non-hydrogen) atoms. The van der Waals surface area contributed by atoms with E-state index in [9.17, 15) is 4.79 Å². The van der Waals surface area contributed by atoms with Crippen molar-refractivity contribution in [1.29, 1.82) is 0 Å². The van der Waals surface area contributed by atoms with E-state index in [1.54, 1.807) is 6.07 Å². The van der Waals surface area contributed by atoms with Crippen molar-refractivity contribution in [3.8, 4) is 0 Å². The van der Waals surface area contributed by atoms with Crippen molar-refractivity contribution < 1.29 is 4.79 Å². The summed E-state index contributed by atoms with van der Waals surface area (Å²) in [5.41, 5.74) is 0.531. The quantitative estimate of drug-likeness (QED) is 0.871. The van der Waals surface area contributed by atoms with E-state index in [1.807, 2.05) is 24.1 Å². The van der Waals surface area contributed by atoms with Gasteiger partial charge in [-0.05, 0) is 30.4 Å². The number of anilines is 1. The molecule has 0 radical (unpaired) electrons. The summed E-state index contributed by atoms with van der Waals surface area (Å²) in [4.78, 5) is 18.6. The first-order valence-corrected chi connectivity index (χ1v) is 6.54. The number of aromatic nitrogens is 1. The summed E-state index contributed by atoms with van der Waals surface area (Å²) in [7, 11) is 1.81. The van der Waals surface area contributed by atoms with Crippen LogP contribution in [0.25, 0.3) is 0 Å². The smallest absolute Gasteiger partial charge is 0.272 e. The third kappa shape index (κ3) is 2.81. The Bertz CT molecular complexity index is 423. The van der Waals surface area contributed by atoms with Crippen LogP contribution in [-0.4, -0.2) is 35.9 Å². The standard InChI is InChI=1S/C14H21N3O/c1-10-7-11(2)9-17(8-10)14(18)12-5-4-6-13(15-3)16-12/h4-6,10-11H,7-9H2,1-3H3,(H,15,16). The lowest BCUT2D eigenvalue weighted by Gasteiger charge is -2.34. The normalized spacial score (nSPS) is 23.8. The summed E-state index contributed by atoms with van der Waals surface area (Å²) in [5, 5.41) is 2.96. The van der Waals surface area contributed by atoms with Gasteiger partial charge in [-0.2, -0.15) is 0 Å². The number of hydrogen-bond acceptors (Lipinski definition) is 3. The number of amides is 1. The molecule has 1 aromatic rings. The maximum Gasteiger partial charge on any atom is 0.272 e. The highest BCUT2D eigenvalue weighted by Gasteiger charge is 2.26. The average molecular weight is 247 g/mol. The molecule has 1 saturated heterocycles. The Morgan fingerprint density at radius 3 is 2.61 bits per heavy atom. The van der Waals surface area contributed by atoms with Gasteiger partial charge in [0, 0.05) is 20.1 Å². The van der Waals surface area contributed by atoms with E-state index in [4.69, 9.17) is 0 Å². The third-order valence-corrected chi connectivity index (χ3v) is 3.38. The van der Waals surface area contributed by atoms with Crippen molar-refractivity contribution >= 4 is 11.7 Å². The van der Waals surface area contributed by atoms with Crippen molar-refractivity contribution in [3.63, 3.8) is 0 Å². The molecule has 2 atom stereocenters. The summed E-state index contributed by atoms with van der Waals surface area (Å²) >= 11 is 0. The molecule has 0 aromatic carbocycles. The van der Waals surface area contributed by atoms with Crippen LogP contribution in [0.3, 0.4) is 0 Å². The first-order valence-electron chi connectivity index (χ1n) is 6.54. The molecule has 1 amide bonds. The molecule has 4 nitrogen and oxygen atoms in total. The van der Waals surface area contributed by atoms with Gasteiger partial charge in [-0.25, -0.2) is 4.98 Å². The number of piperidine rings is 1. The van der Waals surface area contributed by atoms with Crippen molar-refractivity contribution in [3.05, 3.63) is 23.9 Å². The zero-order valence-electron chi connectivity index (χ0n) is 11.3. The van der Waals surface area contributed by atoms with Gasteiger partial charge in [0.25, 0.3) is 5.91 Å². The fourth-order valence-corrected chi connectivity index (χ4v) is 2.68. The first-order chi connectivity index (χ1) is 8.60. The summed E-state index contributed by atoms with van der Waals surface area (Å²) in [5.74, 6) is 1.93. The van der Waals surface area contributed by atoms with Crippen LogP contribution in [0.1, 0.15) is 30.8 Å². The maximum atomic E-state index is 12.4. The van der Waals surface area contributed by atoms with Crippen molar-refractivity contribution in [2.75, 3.05) is 25.5 Å². The number of carbonyl (C=O) groups is 1. The average Bonchev–Trinajstić information content (AvgIpc) is 2.37. The van der Waals surface area contributed by atoms with Crippen molar-refractivity contribution in [2.24, 2.45) is 11.8 Å². The highest BCUT2D eigenvalue weighted by atomic mass is 16.2. The zero-order chi connectivity index (χ0) is 13.1. The van der Waals surface area contributed by atoms with Crippen LogP contribution in [0.4, 0.5) is 5.82 Å². The third-order valence-electron chi connectivity index (χ3n) is 3.38.